The highest BCUT2D eigenvalue weighted by molar-refractivity contribution is 7.25. The van der Waals surface area contributed by atoms with Gasteiger partial charge in [-0.25, -0.2) is 0 Å². The van der Waals surface area contributed by atoms with Gasteiger partial charge in [0.2, 0.25) is 0 Å². The average molecular weight is 767 g/mol. The second-order valence-corrected chi connectivity index (χ2v) is 19.6. The van der Waals surface area contributed by atoms with Crippen molar-refractivity contribution in [2.24, 2.45) is 0 Å². The first-order valence-corrected chi connectivity index (χ1v) is 21.2. The SMILES string of the molecule is CC(C)(C)c1ccc(N2B3c4oc5ccc(C(C)(C)C)cc5c4-n4c5cc6oc7ccccc7c6cc5c5ccc(c3c54)-c3cc4c(cc32)sc2ccccc24)cc1. The van der Waals surface area contributed by atoms with Gasteiger partial charge >= 0.3 is 6.85 Å². The number of benzene rings is 7. The number of furan rings is 2. The summed E-state index contributed by atoms with van der Waals surface area (Å²) in [5, 5.41) is 8.48. The maximum Gasteiger partial charge on any atom is 0.375 e. The van der Waals surface area contributed by atoms with Gasteiger partial charge in [0.15, 0.2) is 0 Å². The van der Waals surface area contributed by atoms with Crippen LogP contribution in [0.1, 0.15) is 52.7 Å². The molecule has 4 aromatic heterocycles. The molecular formula is C52H39BN2O2S. The zero-order chi connectivity index (χ0) is 39.0. The smallest absolute Gasteiger partial charge is 0.375 e. The normalized spacial score (nSPS) is 14.0. The summed E-state index contributed by atoms with van der Waals surface area (Å²) in [6.07, 6.45) is 0. The standard InChI is InChI=1S/C52H39BN2O2S/c1-51(2,3)28-15-18-30(19-16-28)55-41-27-46-38(32-12-8-10-14-45(32)58-46)25-35(41)33-20-21-34-36-24-37-31-11-7-9-13-42(31)56-44(37)26-40(36)54-48(34)47(33)53(55)50-49(54)39-23-29(52(4,5)6)17-22-43(39)57-50/h7-27H,1-6H3. The Bertz CT molecular complexity index is 3600. The highest BCUT2D eigenvalue weighted by atomic mass is 32.1. The number of hydrogen-bond acceptors (Lipinski definition) is 4. The molecule has 0 unspecified atom stereocenters. The molecule has 2 aliphatic rings. The lowest BCUT2D eigenvalue weighted by Crippen LogP contribution is -2.60. The molecule has 0 bridgehead atoms. The number of para-hydroxylation sites is 1. The lowest BCUT2D eigenvalue weighted by Gasteiger charge is -2.40. The minimum Gasteiger partial charge on any atom is -0.466 e. The van der Waals surface area contributed by atoms with Crippen molar-refractivity contribution < 1.29 is 8.83 Å². The van der Waals surface area contributed by atoms with E-state index in [0.29, 0.717) is 0 Å². The van der Waals surface area contributed by atoms with Gasteiger partial charge in [-0.05, 0) is 87.6 Å². The van der Waals surface area contributed by atoms with Gasteiger partial charge in [-0.1, -0.05) is 108 Å². The monoisotopic (exact) mass is 766 g/mol. The van der Waals surface area contributed by atoms with Crippen LogP contribution in [0.5, 0.6) is 0 Å². The van der Waals surface area contributed by atoms with Crippen LogP contribution < -0.4 is 15.9 Å². The molecule has 0 fully saturated rings. The van der Waals surface area contributed by atoms with Crippen molar-refractivity contribution in [2.45, 2.75) is 52.4 Å². The van der Waals surface area contributed by atoms with E-state index in [1.165, 1.54) is 69.9 Å². The van der Waals surface area contributed by atoms with Gasteiger partial charge in [0, 0.05) is 70.1 Å². The molecule has 7 aromatic carbocycles. The summed E-state index contributed by atoms with van der Waals surface area (Å²) in [7, 11) is 0. The Morgan fingerprint density at radius 2 is 1.26 bits per heavy atom. The van der Waals surface area contributed by atoms with Crippen LogP contribution in [0.2, 0.25) is 0 Å². The average Bonchev–Trinajstić information content (AvgIpc) is 3.96. The minimum atomic E-state index is -0.209. The Balaban J connectivity index is 1.21. The first-order chi connectivity index (χ1) is 28.0. The third-order valence-corrected chi connectivity index (χ3v) is 14.2. The second kappa shape index (κ2) is 10.8. The fourth-order valence-corrected chi connectivity index (χ4v) is 11.3. The fraction of sp³-hybridized carbons (Fsp3) is 0.154. The number of thiophene rings is 1. The highest BCUT2D eigenvalue weighted by Crippen LogP contribution is 2.50. The van der Waals surface area contributed by atoms with E-state index in [4.69, 9.17) is 8.83 Å². The molecule has 11 aromatic rings. The quantitative estimate of drug-likeness (QED) is 0.156. The van der Waals surface area contributed by atoms with Crippen LogP contribution in [0.15, 0.2) is 136 Å². The van der Waals surface area contributed by atoms with E-state index < -0.39 is 0 Å². The Hall–Kier alpha value is -6.24. The van der Waals surface area contributed by atoms with E-state index >= 15 is 0 Å². The van der Waals surface area contributed by atoms with Gasteiger partial charge < -0.3 is 18.2 Å². The summed E-state index contributed by atoms with van der Waals surface area (Å²) >= 11 is 1.88. The molecule has 0 spiro atoms. The number of aromatic nitrogens is 1. The Kier molecular flexibility index (Phi) is 6.12. The lowest BCUT2D eigenvalue weighted by atomic mass is 9.46. The Morgan fingerprint density at radius 3 is 2.07 bits per heavy atom. The number of nitrogens with zero attached hydrogens (tertiary/aromatic N) is 2. The maximum absolute atomic E-state index is 7.29. The van der Waals surface area contributed by atoms with Crippen molar-refractivity contribution in [1.29, 1.82) is 0 Å². The molecule has 4 nitrogen and oxygen atoms in total. The van der Waals surface area contributed by atoms with Gasteiger partial charge in [-0.3, -0.25) is 0 Å². The second-order valence-electron chi connectivity index (χ2n) is 18.5. The zero-order valence-electron chi connectivity index (χ0n) is 33.3. The topological polar surface area (TPSA) is 34.5 Å². The third-order valence-electron chi connectivity index (χ3n) is 13.1. The summed E-state index contributed by atoms with van der Waals surface area (Å²) in [4.78, 5) is 2.58. The molecule has 13 rings (SSSR count). The number of anilines is 2. The van der Waals surface area contributed by atoms with Crippen molar-refractivity contribution >= 4 is 116 Å². The van der Waals surface area contributed by atoms with E-state index in [1.54, 1.807) is 0 Å². The van der Waals surface area contributed by atoms with Crippen LogP contribution in [0.4, 0.5) is 11.4 Å². The zero-order valence-corrected chi connectivity index (χ0v) is 34.1. The van der Waals surface area contributed by atoms with E-state index in [9.17, 15) is 0 Å². The number of fused-ring (bicyclic) bond motifs is 16. The first-order valence-electron chi connectivity index (χ1n) is 20.4. The van der Waals surface area contributed by atoms with Gasteiger partial charge in [0.05, 0.1) is 16.7 Å². The van der Waals surface area contributed by atoms with Crippen molar-refractivity contribution in [3.63, 3.8) is 0 Å². The number of hydrogen-bond donors (Lipinski definition) is 0. The largest absolute Gasteiger partial charge is 0.466 e. The molecule has 0 aliphatic carbocycles. The van der Waals surface area contributed by atoms with E-state index in [2.05, 4.69) is 172 Å². The fourth-order valence-electron chi connectivity index (χ4n) is 10.2. The van der Waals surface area contributed by atoms with E-state index in [1.807, 2.05) is 17.4 Å². The molecule has 0 amide bonds. The highest BCUT2D eigenvalue weighted by Gasteiger charge is 2.47. The van der Waals surface area contributed by atoms with Gasteiger partial charge in [0.25, 0.3) is 0 Å². The van der Waals surface area contributed by atoms with Crippen molar-refractivity contribution in [3.05, 3.63) is 139 Å². The predicted molar refractivity (Wildman–Crippen MR) is 247 cm³/mol. The van der Waals surface area contributed by atoms with Crippen LogP contribution in [0, 0.1) is 0 Å². The summed E-state index contributed by atoms with van der Waals surface area (Å²) in [6, 6.07) is 47.6. The molecule has 278 valence electrons. The van der Waals surface area contributed by atoms with Gasteiger partial charge in [-0.15, -0.1) is 11.3 Å². The number of rotatable bonds is 1. The van der Waals surface area contributed by atoms with E-state index in [-0.39, 0.29) is 17.7 Å². The molecule has 0 saturated carbocycles. The maximum atomic E-state index is 7.29. The third kappa shape index (κ3) is 4.20. The van der Waals surface area contributed by atoms with Crippen molar-refractivity contribution in [1.82, 2.24) is 4.57 Å². The van der Waals surface area contributed by atoms with Gasteiger partial charge in [-0.2, -0.15) is 0 Å². The molecule has 2 aliphatic heterocycles. The predicted octanol–water partition coefficient (Wildman–Crippen LogP) is 13.6. The Labute approximate surface area is 340 Å². The summed E-state index contributed by atoms with van der Waals surface area (Å²) in [5.41, 5.74) is 15.9. The van der Waals surface area contributed by atoms with Crippen LogP contribution >= 0.6 is 11.3 Å². The van der Waals surface area contributed by atoms with Crippen molar-refractivity contribution in [2.75, 3.05) is 4.81 Å². The molecule has 0 saturated heterocycles. The molecule has 6 heterocycles. The molecule has 6 heteroatoms. The van der Waals surface area contributed by atoms with E-state index in [0.717, 1.165) is 55.5 Å². The minimum absolute atomic E-state index is 0.0349. The van der Waals surface area contributed by atoms with Crippen LogP contribution in [0.3, 0.4) is 0 Å². The summed E-state index contributed by atoms with van der Waals surface area (Å²) < 4.78 is 19.0. The molecule has 0 atom stereocenters. The van der Waals surface area contributed by atoms with Crippen LogP contribution in [0.25, 0.3) is 91.7 Å². The summed E-state index contributed by atoms with van der Waals surface area (Å²) in [6.45, 7) is 13.5. The molecular weight excluding hydrogens is 727 g/mol. The first kappa shape index (κ1) is 32.8. The van der Waals surface area contributed by atoms with Crippen LogP contribution in [-0.4, -0.2) is 11.4 Å². The molecule has 58 heavy (non-hydrogen) atoms. The Morgan fingerprint density at radius 1 is 0.517 bits per heavy atom. The lowest BCUT2D eigenvalue weighted by molar-refractivity contribution is 0.590. The van der Waals surface area contributed by atoms with Crippen LogP contribution in [-0.2, 0) is 10.8 Å². The summed E-state index contributed by atoms with van der Waals surface area (Å²) in [5.74, 6) is 0. The van der Waals surface area contributed by atoms with Gasteiger partial charge in [0.1, 0.15) is 22.4 Å². The molecule has 0 N–H and O–H groups in total. The molecule has 0 radical (unpaired) electrons. The van der Waals surface area contributed by atoms with Crippen molar-refractivity contribution in [3.8, 4) is 16.8 Å².